The van der Waals surface area contributed by atoms with Gasteiger partial charge in [-0.15, -0.1) is 12.4 Å². The average molecular weight is 426 g/mol. The van der Waals surface area contributed by atoms with E-state index in [1.54, 1.807) is 0 Å². The molecule has 0 aromatic carbocycles. The van der Waals surface area contributed by atoms with Gasteiger partial charge in [0.1, 0.15) is 0 Å². The van der Waals surface area contributed by atoms with Gasteiger partial charge in [0.05, 0.1) is 0 Å². The van der Waals surface area contributed by atoms with Crippen LogP contribution in [0.2, 0.25) is 6.04 Å². The van der Waals surface area contributed by atoms with Crippen molar-refractivity contribution in [2.75, 3.05) is 0 Å². The van der Waals surface area contributed by atoms with Crippen LogP contribution in [0.5, 0.6) is 0 Å². The maximum absolute atomic E-state index is 8.96. The Kier molecular flexibility index (Phi) is 23.1. The lowest BCUT2D eigenvalue weighted by molar-refractivity contribution is 0.225. The normalized spacial score (nSPS) is 12.8. The van der Waals surface area contributed by atoms with E-state index in [1.807, 2.05) is 0 Å². The van der Waals surface area contributed by atoms with Crippen molar-refractivity contribution in [3.05, 3.63) is 0 Å². The Morgan fingerprint density at radius 2 is 0.926 bits per heavy atom. The van der Waals surface area contributed by atoms with Crippen molar-refractivity contribution in [2.24, 2.45) is 5.73 Å². The molecule has 1 atom stereocenters. The molecule has 0 amide bonds. The zero-order valence-corrected chi connectivity index (χ0v) is 19.7. The van der Waals surface area contributed by atoms with Crippen LogP contribution in [0.4, 0.5) is 0 Å². The third-order valence-electron chi connectivity index (χ3n) is 5.27. The van der Waals surface area contributed by atoms with E-state index in [9.17, 15) is 0 Å². The molecule has 27 heavy (non-hydrogen) atoms. The van der Waals surface area contributed by atoms with Crippen LogP contribution in [0.1, 0.15) is 122 Å². The van der Waals surface area contributed by atoms with Crippen molar-refractivity contribution in [3.8, 4) is 0 Å². The number of halogens is 1. The van der Waals surface area contributed by atoms with E-state index in [0.717, 1.165) is 12.8 Å². The molecule has 0 saturated heterocycles. The second-order valence-corrected chi connectivity index (χ2v) is 10.2. The number of hydrogen-bond acceptors (Lipinski definition) is 4. The van der Waals surface area contributed by atoms with Crippen LogP contribution in [0.3, 0.4) is 0 Å². The van der Waals surface area contributed by atoms with Gasteiger partial charge in [0.15, 0.2) is 0 Å². The molecule has 0 aliphatic rings. The highest BCUT2D eigenvalue weighted by molar-refractivity contribution is 6.56. The molecule has 0 aromatic rings. The van der Waals surface area contributed by atoms with Crippen LogP contribution < -0.4 is 5.73 Å². The van der Waals surface area contributed by atoms with E-state index in [0.29, 0.717) is 6.42 Å². The molecule has 6 heteroatoms. The first kappa shape index (κ1) is 29.5. The van der Waals surface area contributed by atoms with Crippen molar-refractivity contribution in [2.45, 2.75) is 135 Å². The topological polar surface area (TPSA) is 86.7 Å². The minimum absolute atomic E-state index is 0. The van der Waals surface area contributed by atoms with Crippen molar-refractivity contribution >= 4 is 21.2 Å². The van der Waals surface area contributed by atoms with Gasteiger partial charge in [-0.1, -0.05) is 103 Å². The summed E-state index contributed by atoms with van der Waals surface area (Å²) < 4.78 is 0. The Bertz CT molecular complexity index is 291. The lowest BCUT2D eigenvalue weighted by Gasteiger charge is -2.13. The van der Waals surface area contributed by atoms with Gasteiger partial charge in [-0.05, 0) is 19.3 Å². The highest BCUT2D eigenvalue weighted by atomic mass is 35.5. The average Bonchev–Trinajstić information content (AvgIpc) is 2.57. The SMILES string of the molecule is CCCCCCCCCCCCCCCCCC(N)CCC[Si](O)(O)O.Cl. The highest BCUT2D eigenvalue weighted by Crippen LogP contribution is 2.15. The molecule has 5 N–H and O–H groups in total. The zero-order chi connectivity index (χ0) is 19.5. The molecule has 1 unspecified atom stereocenters. The Balaban J connectivity index is 0. The van der Waals surface area contributed by atoms with Gasteiger partial charge < -0.3 is 20.1 Å². The fourth-order valence-corrected chi connectivity index (χ4v) is 4.20. The minimum atomic E-state index is -3.85. The molecule has 0 saturated carbocycles. The van der Waals surface area contributed by atoms with Crippen LogP contribution in [-0.2, 0) is 0 Å². The summed E-state index contributed by atoms with van der Waals surface area (Å²) >= 11 is 0. The summed E-state index contributed by atoms with van der Waals surface area (Å²) in [6.07, 6.45) is 23.0. The van der Waals surface area contributed by atoms with Gasteiger partial charge in [-0.2, -0.15) is 0 Å². The molecular formula is C21H48ClNO3Si. The van der Waals surface area contributed by atoms with Crippen LogP contribution in [-0.4, -0.2) is 29.2 Å². The summed E-state index contributed by atoms with van der Waals surface area (Å²) in [5.41, 5.74) is 6.03. The van der Waals surface area contributed by atoms with Crippen LogP contribution >= 0.6 is 12.4 Å². The molecule has 0 rings (SSSR count). The first-order valence-electron chi connectivity index (χ1n) is 11.4. The van der Waals surface area contributed by atoms with Crippen molar-refractivity contribution < 1.29 is 14.4 Å². The first-order valence-corrected chi connectivity index (χ1v) is 13.4. The van der Waals surface area contributed by atoms with E-state index < -0.39 is 8.80 Å². The predicted molar refractivity (Wildman–Crippen MR) is 121 cm³/mol. The summed E-state index contributed by atoms with van der Waals surface area (Å²) in [5, 5.41) is 0. The van der Waals surface area contributed by atoms with E-state index in [2.05, 4.69) is 6.92 Å². The Hall–Kier alpha value is 0.347. The lowest BCUT2D eigenvalue weighted by Crippen LogP contribution is -2.34. The van der Waals surface area contributed by atoms with Gasteiger partial charge in [0.2, 0.25) is 0 Å². The monoisotopic (exact) mass is 425 g/mol. The standard InChI is InChI=1S/C21H47NO3Si.ClH/c1-2-3-4-5-6-7-8-9-10-11-12-13-14-15-16-18-21(22)19-17-20-26(23,24)25;/h21,23-25H,2-20,22H2,1H3;1H. The lowest BCUT2D eigenvalue weighted by atomic mass is 10.0. The van der Waals surface area contributed by atoms with Gasteiger partial charge in [0.25, 0.3) is 0 Å². The van der Waals surface area contributed by atoms with Crippen molar-refractivity contribution in [3.63, 3.8) is 0 Å². The summed E-state index contributed by atoms with van der Waals surface area (Å²) in [5.74, 6) is 0. The first-order chi connectivity index (χ1) is 12.5. The molecule has 0 aliphatic carbocycles. The minimum Gasteiger partial charge on any atom is -0.390 e. The second kappa shape index (κ2) is 21.1. The molecule has 166 valence electrons. The molecule has 0 spiro atoms. The van der Waals surface area contributed by atoms with E-state index in [4.69, 9.17) is 20.1 Å². The number of rotatable bonds is 20. The van der Waals surface area contributed by atoms with Crippen molar-refractivity contribution in [1.82, 2.24) is 0 Å². The zero-order valence-electron chi connectivity index (χ0n) is 17.8. The highest BCUT2D eigenvalue weighted by Gasteiger charge is 2.25. The van der Waals surface area contributed by atoms with Crippen LogP contribution in [0, 0.1) is 0 Å². The molecule has 0 radical (unpaired) electrons. The van der Waals surface area contributed by atoms with Gasteiger partial charge in [0, 0.05) is 12.1 Å². The predicted octanol–water partition coefficient (Wildman–Crippen LogP) is 5.69. The fraction of sp³-hybridized carbons (Fsp3) is 1.00. The molecule has 0 bridgehead atoms. The largest absolute Gasteiger partial charge is 0.492 e. The molecule has 0 fully saturated rings. The molecule has 0 heterocycles. The summed E-state index contributed by atoms with van der Waals surface area (Å²) in [4.78, 5) is 26.9. The smallest absolute Gasteiger partial charge is 0.390 e. The molecule has 0 aliphatic heterocycles. The van der Waals surface area contributed by atoms with E-state index in [-0.39, 0.29) is 24.5 Å². The second-order valence-electron chi connectivity index (χ2n) is 8.17. The maximum Gasteiger partial charge on any atom is 0.492 e. The van der Waals surface area contributed by atoms with Gasteiger partial charge >= 0.3 is 8.80 Å². The molecule has 0 aromatic heterocycles. The summed E-state index contributed by atoms with van der Waals surface area (Å²) in [7, 11) is -3.85. The van der Waals surface area contributed by atoms with Crippen LogP contribution in [0.15, 0.2) is 0 Å². The summed E-state index contributed by atoms with van der Waals surface area (Å²) in [6, 6.07) is 0.243. The van der Waals surface area contributed by atoms with E-state index >= 15 is 0 Å². The van der Waals surface area contributed by atoms with Gasteiger partial charge in [-0.25, -0.2) is 0 Å². The molecular weight excluding hydrogens is 378 g/mol. The Labute approximate surface area is 176 Å². The van der Waals surface area contributed by atoms with Crippen molar-refractivity contribution in [1.29, 1.82) is 0 Å². The maximum atomic E-state index is 8.96. The Morgan fingerprint density at radius 1 is 0.593 bits per heavy atom. The number of nitrogens with two attached hydrogens (primary N) is 1. The quantitative estimate of drug-likeness (QED) is 0.149. The fourth-order valence-electron chi connectivity index (χ4n) is 3.52. The number of hydrogen-bond donors (Lipinski definition) is 4. The Morgan fingerprint density at radius 3 is 1.30 bits per heavy atom. The van der Waals surface area contributed by atoms with Crippen LogP contribution in [0.25, 0.3) is 0 Å². The third kappa shape index (κ3) is 26.3. The van der Waals surface area contributed by atoms with E-state index in [1.165, 1.54) is 96.3 Å². The third-order valence-corrected chi connectivity index (χ3v) is 6.29. The summed E-state index contributed by atoms with van der Waals surface area (Å²) in [6.45, 7) is 2.27. The van der Waals surface area contributed by atoms with Gasteiger partial charge in [-0.3, -0.25) is 0 Å². The molecule has 4 nitrogen and oxygen atoms in total. The number of unbranched alkanes of at least 4 members (excludes halogenated alkanes) is 14.